The fraction of sp³-hybridized carbons (Fsp3) is 0.348. The molecule has 0 bridgehead atoms. The van der Waals surface area contributed by atoms with Crippen molar-refractivity contribution in [2.24, 2.45) is 5.92 Å². The highest BCUT2D eigenvalue weighted by Gasteiger charge is 2.40. The number of piperidine rings is 1. The van der Waals surface area contributed by atoms with Crippen molar-refractivity contribution in [1.82, 2.24) is 4.90 Å². The molecule has 0 aromatic heterocycles. The van der Waals surface area contributed by atoms with Gasteiger partial charge in [0.1, 0.15) is 5.82 Å². The van der Waals surface area contributed by atoms with Gasteiger partial charge in [0.2, 0.25) is 0 Å². The van der Waals surface area contributed by atoms with Crippen LogP contribution in [0.2, 0.25) is 0 Å². The molecule has 2 aliphatic rings. The van der Waals surface area contributed by atoms with Gasteiger partial charge in [-0.05, 0) is 43.9 Å². The first kappa shape index (κ1) is 17.2. The predicted molar refractivity (Wildman–Crippen MR) is 102 cm³/mol. The maximum Gasteiger partial charge on any atom is 0.157 e. The lowest BCUT2D eigenvalue weighted by atomic mass is 9.93. The Morgan fingerprint density at radius 2 is 1.81 bits per heavy atom. The zero-order valence-corrected chi connectivity index (χ0v) is 14.9. The van der Waals surface area contributed by atoms with Gasteiger partial charge < -0.3 is 0 Å². The largest absolute Gasteiger partial charge is 0.297 e. The van der Waals surface area contributed by atoms with Crippen molar-refractivity contribution in [3.63, 3.8) is 0 Å². The number of carbonyl (C=O) groups is 1. The zero-order valence-electron chi connectivity index (χ0n) is 14.9. The molecular weight excluding hydrogens is 325 g/mol. The molecule has 2 aromatic rings. The highest BCUT2D eigenvalue weighted by Crippen LogP contribution is 2.39. The van der Waals surface area contributed by atoms with Gasteiger partial charge >= 0.3 is 0 Å². The van der Waals surface area contributed by atoms with Crippen LogP contribution in [0.15, 0.2) is 60.2 Å². The summed E-state index contributed by atoms with van der Waals surface area (Å²) in [6.45, 7) is 1.57. The van der Waals surface area contributed by atoms with E-state index >= 15 is 0 Å². The minimum absolute atomic E-state index is 0.114. The lowest BCUT2D eigenvalue weighted by Gasteiger charge is -2.35. The molecule has 2 fully saturated rings. The van der Waals surface area contributed by atoms with E-state index in [0.29, 0.717) is 5.56 Å². The van der Waals surface area contributed by atoms with E-state index in [-0.39, 0.29) is 17.5 Å². The highest BCUT2D eigenvalue weighted by molar-refractivity contribution is 5.89. The molecular formula is C23H24FNO. The van der Waals surface area contributed by atoms with Crippen molar-refractivity contribution in [3.8, 4) is 0 Å². The first-order valence-electron chi connectivity index (χ1n) is 9.49. The van der Waals surface area contributed by atoms with Gasteiger partial charge in [0.05, 0.1) is 6.04 Å². The Kier molecular flexibility index (Phi) is 4.98. The second-order valence-electron chi connectivity index (χ2n) is 7.39. The highest BCUT2D eigenvalue weighted by atomic mass is 19.1. The van der Waals surface area contributed by atoms with Gasteiger partial charge in [-0.25, -0.2) is 4.39 Å². The van der Waals surface area contributed by atoms with Crippen molar-refractivity contribution in [2.45, 2.75) is 31.7 Å². The van der Waals surface area contributed by atoms with Gasteiger partial charge in [0.25, 0.3) is 0 Å². The summed E-state index contributed by atoms with van der Waals surface area (Å²) in [6, 6.07) is 16.6. The molecule has 1 saturated heterocycles. The number of benzene rings is 2. The topological polar surface area (TPSA) is 20.3 Å². The molecule has 4 rings (SSSR count). The molecule has 1 heterocycles. The van der Waals surface area contributed by atoms with Crippen LogP contribution < -0.4 is 0 Å². The van der Waals surface area contributed by atoms with Crippen LogP contribution in [0.1, 0.15) is 42.9 Å². The molecule has 0 N–H and O–H groups in total. The molecule has 26 heavy (non-hydrogen) atoms. The van der Waals surface area contributed by atoms with Crippen LogP contribution in [0.3, 0.4) is 0 Å². The average Bonchev–Trinajstić information content (AvgIpc) is 3.50. The number of rotatable bonds is 5. The third kappa shape index (κ3) is 3.78. The Hall–Kier alpha value is -2.26. The standard InChI is InChI=1S/C23H24FNO/c24-21-11-5-4-10-20(21)22(23(26)19-12-13-19)25-14-6-9-18(16-25)15-17-7-2-1-3-8-17/h1-5,7-8,10-11,15,19,22H,6,9,12-14,16H2. The quantitative estimate of drug-likeness (QED) is 0.755. The summed E-state index contributed by atoms with van der Waals surface area (Å²) in [4.78, 5) is 15.2. The summed E-state index contributed by atoms with van der Waals surface area (Å²) < 4.78 is 14.5. The molecule has 0 spiro atoms. The van der Waals surface area contributed by atoms with E-state index < -0.39 is 6.04 Å². The third-order valence-corrected chi connectivity index (χ3v) is 5.33. The van der Waals surface area contributed by atoms with Gasteiger partial charge in [0.15, 0.2) is 5.78 Å². The number of halogens is 1. The first-order chi connectivity index (χ1) is 12.7. The summed E-state index contributed by atoms with van der Waals surface area (Å²) >= 11 is 0. The van der Waals surface area contributed by atoms with Crippen LogP contribution >= 0.6 is 0 Å². The summed E-state index contributed by atoms with van der Waals surface area (Å²) in [5.74, 6) is 0.0322. The average molecular weight is 349 g/mol. The molecule has 134 valence electrons. The van der Waals surface area contributed by atoms with E-state index in [0.717, 1.165) is 38.8 Å². The second-order valence-corrected chi connectivity index (χ2v) is 7.39. The molecule has 1 aliphatic heterocycles. The summed E-state index contributed by atoms with van der Waals surface area (Å²) in [7, 11) is 0. The Morgan fingerprint density at radius 1 is 1.08 bits per heavy atom. The van der Waals surface area contributed by atoms with E-state index in [1.165, 1.54) is 17.2 Å². The Bertz CT molecular complexity index is 810. The molecule has 0 radical (unpaired) electrons. The van der Waals surface area contributed by atoms with Gasteiger partial charge in [0, 0.05) is 18.0 Å². The number of ketones is 1. The van der Waals surface area contributed by atoms with Crippen molar-refractivity contribution in [2.75, 3.05) is 13.1 Å². The number of carbonyl (C=O) groups excluding carboxylic acids is 1. The molecule has 1 unspecified atom stereocenters. The van der Waals surface area contributed by atoms with E-state index in [9.17, 15) is 9.18 Å². The molecule has 2 aromatic carbocycles. The number of Topliss-reactive ketones (excluding diaryl/α,β-unsaturated/α-hetero) is 1. The molecule has 1 aliphatic carbocycles. The van der Waals surface area contributed by atoms with Crippen LogP contribution in [0.4, 0.5) is 4.39 Å². The number of nitrogens with zero attached hydrogens (tertiary/aromatic N) is 1. The summed E-state index contributed by atoms with van der Waals surface area (Å²) in [5, 5.41) is 0. The van der Waals surface area contributed by atoms with Gasteiger partial charge in [-0.3, -0.25) is 9.69 Å². The fourth-order valence-corrected chi connectivity index (χ4v) is 3.87. The van der Waals surface area contributed by atoms with Crippen molar-refractivity contribution < 1.29 is 9.18 Å². The predicted octanol–water partition coefficient (Wildman–Crippen LogP) is 5.03. The molecule has 0 amide bonds. The van der Waals surface area contributed by atoms with Crippen LogP contribution in [0, 0.1) is 11.7 Å². The van der Waals surface area contributed by atoms with Crippen molar-refractivity contribution in [3.05, 3.63) is 77.1 Å². The number of hydrogen-bond acceptors (Lipinski definition) is 2. The Labute approximate surface area is 154 Å². The third-order valence-electron chi connectivity index (χ3n) is 5.33. The van der Waals surface area contributed by atoms with Gasteiger partial charge in [-0.2, -0.15) is 0 Å². The minimum Gasteiger partial charge on any atom is -0.297 e. The molecule has 2 nitrogen and oxygen atoms in total. The van der Waals surface area contributed by atoms with Crippen LogP contribution in [-0.4, -0.2) is 23.8 Å². The Balaban J connectivity index is 1.62. The maximum absolute atomic E-state index is 14.5. The second kappa shape index (κ2) is 7.55. The van der Waals surface area contributed by atoms with Crippen LogP contribution in [-0.2, 0) is 4.79 Å². The van der Waals surface area contributed by atoms with Crippen LogP contribution in [0.5, 0.6) is 0 Å². The normalized spacial score (nSPS) is 20.9. The zero-order chi connectivity index (χ0) is 17.9. The lowest BCUT2D eigenvalue weighted by Crippen LogP contribution is -2.39. The van der Waals surface area contributed by atoms with E-state index in [2.05, 4.69) is 23.1 Å². The number of hydrogen-bond donors (Lipinski definition) is 0. The van der Waals surface area contributed by atoms with Gasteiger partial charge in [-0.1, -0.05) is 60.2 Å². The van der Waals surface area contributed by atoms with E-state index in [4.69, 9.17) is 0 Å². The maximum atomic E-state index is 14.5. The van der Waals surface area contributed by atoms with E-state index in [1.807, 2.05) is 24.3 Å². The first-order valence-corrected chi connectivity index (χ1v) is 9.49. The van der Waals surface area contributed by atoms with E-state index in [1.54, 1.807) is 12.1 Å². The number of likely N-dealkylation sites (tertiary alicyclic amines) is 1. The SMILES string of the molecule is O=C(C1CC1)C(c1ccccc1F)N1CCCC(=Cc2ccccc2)C1. The van der Waals surface area contributed by atoms with Crippen molar-refractivity contribution >= 4 is 11.9 Å². The lowest BCUT2D eigenvalue weighted by molar-refractivity contribution is -0.126. The van der Waals surface area contributed by atoms with Gasteiger partial charge in [-0.15, -0.1) is 0 Å². The smallest absolute Gasteiger partial charge is 0.157 e. The molecule has 1 saturated carbocycles. The van der Waals surface area contributed by atoms with Crippen molar-refractivity contribution in [1.29, 1.82) is 0 Å². The molecule has 1 atom stereocenters. The fourth-order valence-electron chi connectivity index (χ4n) is 3.87. The minimum atomic E-state index is -0.455. The van der Waals surface area contributed by atoms with Crippen LogP contribution in [0.25, 0.3) is 6.08 Å². The summed E-state index contributed by atoms with van der Waals surface area (Å²) in [6.07, 6.45) is 6.15. The summed E-state index contributed by atoms with van der Waals surface area (Å²) in [5.41, 5.74) is 3.03. The molecule has 3 heteroatoms. The Morgan fingerprint density at radius 3 is 2.54 bits per heavy atom. The monoisotopic (exact) mass is 349 g/mol.